The normalized spacial score (nSPS) is 16.2. The molecule has 1 heterocycles. The highest BCUT2D eigenvalue weighted by molar-refractivity contribution is 8.01. The van der Waals surface area contributed by atoms with E-state index in [1.54, 1.807) is 0 Å². The van der Waals surface area contributed by atoms with E-state index >= 15 is 0 Å². The zero-order valence-corrected chi connectivity index (χ0v) is 21.1. The fraction of sp³-hybridized carbons (Fsp3) is 0.310. The molecule has 0 fully saturated rings. The lowest BCUT2D eigenvalue weighted by Crippen LogP contribution is -2.47. The van der Waals surface area contributed by atoms with E-state index in [9.17, 15) is 9.59 Å². The zero-order chi connectivity index (χ0) is 24.2. The first kappa shape index (κ1) is 24.1. The van der Waals surface area contributed by atoms with E-state index in [4.69, 9.17) is 0 Å². The van der Waals surface area contributed by atoms with Gasteiger partial charge in [0.2, 0.25) is 11.8 Å². The molecule has 34 heavy (non-hydrogen) atoms. The van der Waals surface area contributed by atoms with Gasteiger partial charge in [0.25, 0.3) is 0 Å². The van der Waals surface area contributed by atoms with Gasteiger partial charge < -0.3 is 10.2 Å². The number of hydrogen-bond acceptors (Lipinski definition) is 3. The van der Waals surface area contributed by atoms with Crippen molar-refractivity contribution in [3.63, 3.8) is 0 Å². The van der Waals surface area contributed by atoms with Gasteiger partial charge in [0.15, 0.2) is 0 Å². The maximum Gasteiger partial charge on any atom is 0.241 e. The Kier molecular flexibility index (Phi) is 7.42. The molecule has 1 aliphatic rings. The van der Waals surface area contributed by atoms with Crippen LogP contribution in [0.5, 0.6) is 0 Å². The number of anilines is 1. The van der Waals surface area contributed by atoms with E-state index in [-0.39, 0.29) is 11.8 Å². The molecule has 5 heteroatoms. The standard InChI is InChI=1S/C29H32N2O2S/c1-19-10-13-23(14-11-19)15-16-30-28(32)22(4)27-29(33)31(25-7-5-6-8-26(25)34-27)18-24-17-20(2)9-12-21(24)3/h5-14,17,22,27H,15-16,18H2,1-4H3,(H,30,32)/t22-,27-/m1/s1. The quantitative estimate of drug-likeness (QED) is 0.486. The van der Waals surface area contributed by atoms with Gasteiger partial charge in [0, 0.05) is 11.4 Å². The number of amides is 2. The number of benzene rings is 3. The van der Waals surface area contributed by atoms with Crippen molar-refractivity contribution in [2.75, 3.05) is 11.4 Å². The lowest BCUT2D eigenvalue weighted by Gasteiger charge is -2.36. The highest BCUT2D eigenvalue weighted by Gasteiger charge is 2.39. The average molecular weight is 473 g/mol. The number of carbonyl (C=O) groups is 2. The lowest BCUT2D eigenvalue weighted by atomic mass is 10.0. The van der Waals surface area contributed by atoms with Crippen molar-refractivity contribution >= 4 is 29.3 Å². The molecule has 0 aromatic heterocycles. The van der Waals surface area contributed by atoms with E-state index in [0.29, 0.717) is 13.1 Å². The first-order valence-electron chi connectivity index (χ1n) is 11.8. The van der Waals surface area contributed by atoms with Crippen LogP contribution in [0.2, 0.25) is 0 Å². The maximum atomic E-state index is 13.7. The third-order valence-electron chi connectivity index (χ3n) is 6.45. The van der Waals surface area contributed by atoms with E-state index in [1.165, 1.54) is 28.5 Å². The van der Waals surface area contributed by atoms with Crippen molar-refractivity contribution in [3.05, 3.63) is 94.5 Å². The number of rotatable bonds is 7. The molecule has 4 rings (SSSR count). The minimum absolute atomic E-state index is 0.00853. The summed E-state index contributed by atoms with van der Waals surface area (Å²) in [5.74, 6) is -0.528. The van der Waals surface area contributed by atoms with Gasteiger partial charge in [-0.25, -0.2) is 0 Å². The summed E-state index contributed by atoms with van der Waals surface area (Å²) in [5.41, 5.74) is 6.79. The number of hydrogen-bond donors (Lipinski definition) is 1. The number of para-hydroxylation sites is 1. The van der Waals surface area contributed by atoms with Gasteiger partial charge in [-0.3, -0.25) is 9.59 Å². The van der Waals surface area contributed by atoms with Crippen LogP contribution in [0.1, 0.15) is 34.7 Å². The Morgan fingerprint density at radius 1 is 1.00 bits per heavy atom. The number of nitrogens with one attached hydrogen (secondary N) is 1. The predicted octanol–water partition coefficient (Wildman–Crippen LogP) is 5.61. The van der Waals surface area contributed by atoms with Crippen molar-refractivity contribution in [2.24, 2.45) is 5.92 Å². The van der Waals surface area contributed by atoms with E-state index in [2.05, 4.69) is 68.6 Å². The maximum absolute atomic E-state index is 13.7. The lowest BCUT2D eigenvalue weighted by molar-refractivity contribution is -0.128. The predicted molar refractivity (Wildman–Crippen MR) is 140 cm³/mol. The van der Waals surface area contributed by atoms with E-state index in [1.807, 2.05) is 36.1 Å². The zero-order valence-electron chi connectivity index (χ0n) is 20.3. The summed E-state index contributed by atoms with van der Waals surface area (Å²) in [7, 11) is 0. The third kappa shape index (κ3) is 5.36. The second-order valence-corrected chi connectivity index (χ2v) is 10.4. The first-order valence-corrected chi connectivity index (χ1v) is 12.7. The fourth-order valence-electron chi connectivity index (χ4n) is 4.24. The van der Waals surface area contributed by atoms with Crippen LogP contribution in [0.15, 0.2) is 71.6 Å². The topological polar surface area (TPSA) is 49.4 Å². The molecule has 0 spiro atoms. The monoisotopic (exact) mass is 472 g/mol. The third-order valence-corrected chi connectivity index (χ3v) is 7.92. The largest absolute Gasteiger partial charge is 0.355 e. The summed E-state index contributed by atoms with van der Waals surface area (Å²) >= 11 is 1.50. The summed E-state index contributed by atoms with van der Waals surface area (Å²) < 4.78 is 0. The summed E-state index contributed by atoms with van der Waals surface area (Å²) in [4.78, 5) is 29.6. The Morgan fingerprint density at radius 2 is 1.71 bits per heavy atom. The molecule has 0 aliphatic carbocycles. The van der Waals surface area contributed by atoms with E-state index < -0.39 is 11.2 Å². The molecule has 2 atom stereocenters. The molecular weight excluding hydrogens is 440 g/mol. The summed E-state index contributed by atoms with van der Waals surface area (Å²) in [6.07, 6.45) is 0.770. The Hall–Kier alpha value is -3.05. The highest BCUT2D eigenvalue weighted by Crippen LogP contribution is 2.42. The van der Waals surface area contributed by atoms with Gasteiger partial charge >= 0.3 is 0 Å². The molecule has 0 saturated carbocycles. The van der Waals surface area contributed by atoms with Crippen LogP contribution in [0.3, 0.4) is 0 Å². The molecule has 3 aromatic rings. The molecule has 1 N–H and O–H groups in total. The molecule has 1 aliphatic heterocycles. The van der Waals surface area contributed by atoms with Crippen LogP contribution in [0.4, 0.5) is 5.69 Å². The van der Waals surface area contributed by atoms with Crippen molar-refractivity contribution in [1.29, 1.82) is 0 Å². The van der Waals surface area contributed by atoms with Crippen LogP contribution >= 0.6 is 11.8 Å². The minimum atomic E-state index is -0.459. The van der Waals surface area contributed by atoms with Gasteiger partial charge in [-0.15, -0.1) is 11.8 Å². The Balaban J connectivity index is 1.49. The summed E-state index contributed by atoms with van der Waals surface area (Å²) in [5, 5.41) is 2.59. The van der Waals surface area contributed by atoms with Crippen LogP contribution in [-0.2, 0) is 22.6 Å². The van der Waals surface area contributed by atoms with Crippen LogP contribution < -0.4 is 10.2 Å². The number of carbonyl (C=O) groups excluding carboxylic acids is 2. The van der Waals surface area contributed by atoms with Gasteiger partial charge in [0.1, 0.15) is 5.25 Å². The average Bonchev–Trinajstić information content (AvgIpc) is 2.83. The second kappa shape index (κ2) is 10.5. The van der Waals surface area contributed by atoms with Gasteiger partial charge in [-0.1, -0.05) is 72.6 Å². The second-order valence-electron chi connectivity index (χ2n) is 9.18. The SMILES string of the molecule is Cc1ccc(CCNC(=O)[C@H](C)[C@H]2Sc3ccccc3N(Cc3cc(C)ccc3C)C2=O)cc1. The van der Waals surface area contributed by atoms with Gasteiger partial charge in [-0.05, 0) is 56.0 Å². The number of fused-ring (bicyclic) bond motifs is 1. The molecule has 0 radical (unpaired) electrons. The van der Waals surface area contributed by atoms with Gasteiger partial charge in [-0.2, -0.15) is 0 Å². The van der Waals surface area contributed by atoms with Crippen LogP contribution in [0.25, 0.3) is 0 Å². The Morgan fingerprint density at radius 3 is 2.47 bits per heavy atom. The number of nitrogens with zero attached hydrogens (tertiary/aromatic N) is 1. The smallest absolute Gasteiger partial charge is 0.241 e. The van der Waals surface area contributed by atoms with Crippen LogP contribution in [0, 0.1) is 26.7 Å². The highest BCUT2D eigenvalue weighted by atomic mass is 32.2. The van der Waals surface area contributed by atoms with Crippen molar-refractivity contribution in [2.45, 2.75) is 50.8 Å². The molecular formula is C29H32N2O2S. The molecule has 0 saturated heterocycles. The molecule has 4 nitrogen and oxygen atoms in total. The Bertz CT molecular complexity index is 1190. The molecule has 0 bridgehead atoms. The molecule has 3 aromatic carbocycles. The van der Waals surface area contributed by atoms with Crippen molar-refractivity contribution < 1.29 is 9.59 Å². The van der Waals surface area contributed by atoms with Crippen LogP contribution in [-0.4, -0.2) is 23.6 Å². The van der Waals surface area contributed by atoms with Crippen molar-refractivity contribution in [3.8, 4) is 0 Å². The summed E-state index contributed by atoms with van der Waals surface area (Å²) in [6.45, 7) is 9.12. The Labute approximate surface area is 206 Å². The molecule has 2 amide bonds. The molecule has 0 unspecified atom stereocenters. The number of thioether (sulfide) groups is 1. The summed E-state index contributed by atoms with van der Waals surface area (Å²) in [6, 6.07) is 22.7. The molecule has 176 valence electrons. The first-order chi connectivity index (χ1) is 16.3. The van der Waals surface area contributed by atoms with Crippen molar-refractivity contribution in [1.82, 2.24) is 5.32 Å². The minimum Gasteiger partial charge on any atom is -0.355 e. The van der Waals surface area contributed by atoms with E-state index in [0.717, 1.165) is 28.1 Å². The number of aryl methyl sites for hydroxylation is 3. The fourth-order valence-corrected chi connectivity index (χ4v) is 5.53. The van der Waals surface area contributed by atoms with Gasteiger partial charge in [0.05, 0.1) is 18.2 Å².